The van der Waals surface area contributed by atoms with Crippen LogP contribution in [0.2, 0.25) is 0 Å². The predicted octanol–water partition coefficient (Wildman–Crippen LogP) is 3.70. The van der Waals surface area contributed by atoms with Crippen LogP contribution >= 0.6 is 0 Å². The van der Waals surface area contributed by atoms with Crippen LogP contribution in [0, 0.1) is 10.1 Å². The lowest BCUT2D eigenvalue weighted by molar-refractivity contribution is -0.384. The minimum Gasteiger partial charge on any atom is -0.488 e. The van der Waals surface area contributed by atoms with E-state index in [4.69, 9.17) is 9.47 Å². The van der Waals surface area contributed by atoms with Crippen LogP contribution in [0.1, 0.15) is 11.1 Å². The van der Waals surface area contributed by atoms with Crippen LogP contribution in [0.3, 0.4) is 0 Å². The molecule has 0 spiro atoms. The summed E-state index contributed by atoms with van der Waals surface area (Å²) in [7, 11) is 0. The number of amides is 1. The SMILES string of the molecule is O=C(COc1ccc([N+](=O)[O-])cc1)N/N=C/c1ccccc1OCc1ccccc1. The van der Waals surface area contributed by atoms with Crippen LogP contribution in [0.5, 0.6) is 11.5 Å². The lowest BCUT2D eigenvalue weighted by Gasteiger charge is -2.09. The van der Waals surface area contributed by atoms with Crippen molar-refractivity contribution in [2.45, 2.75) is 6.61 Å². The second-order valence-corrected chi connectivity index (χ2v) is 6.14. The second-order valence-electron chi connectivity index (χ2n) is 6.14. The summed E-state index contributed by atoms with van der Waals surface area (Å²) < 4.78 is 11.1. The van der Waals surface area contributed by atoms with Crippen LogP contribution in [0.15, 0.2) is 84.0 Å². The van der Waals surface area contributed by atoms with Gasteiger partial charge < -0.3 is 9.47 Å². The molecule has 0 aliphatic rings. The summed E-state index contributed by atoms with van der Waals surface area (Å²) >= 11 is 0. The molecule has 1 N–H and O–H groups in total. The zero-order valence-corrected chi connectivity index (χ0v) is 15.9. The molecule has 0 aromatic heterocycles. The smallest absolute Gasteiger partial charge is 0.277 e. The molecule has 0 heterocycles. The van der Waals surface area contributed by atoms with Gasteiger partial charge in [0, 0.05) is 17.7 Å². The first kappa shape index (κ1) is 20.5. The van der Waals surface area contributed by atoms with E-state index >= 15 is 0 Å². The highest BCUT2D eigenvalue weighted by atomic mass is 16.6. The Morgan fingerprint density at radius 1 is 0.967 bits per heavy atom. The molecule has 152 valence electrons. The number of benzene rings is 3. The third-order valence-electron chi connectivity index (χ3n) is 3.97. The van der Waals surface area contributed by atoms with Crippen LogP contribution < -0.4 is 14.9 Å². The first-order chi connectivity index (χ1) is 14.6. The molecule has 8 heteroatoms. The number of nitrogens with one attached hydrogen (secondary N) is 1. The molecule has 0 saturated carbocycles. The van der Waals surface area contributed by atoms with Gasteiger partial charge in [0.05, 0.1) is 11.1 Å². The second kappa shape index (κ2) is 10.4. The molecule has 3 aromatic rings. The number of rotatable bonds is 9. The highest BCUT2D eigenvalue weighted by molar-refractivity contribution is 5.85. The van der Waals surface area contributed by atoms with Gasteiger partial charge in [0.15, 0.2) is 6.61 Å². The lowest BCUT2D eigenvalue weighted by atomic mass is 10.2. The number of nitrogens with zero attached hydrogens (tertiary/aromatic N) is 2. The lowest BCUT2D eigenvalue weighted by Crippen LogP contribution is -2.24. The summed E-state index contributed by atoms with van der Waals surface area (Å²) in [6.07, 6.45) is 1.49. The Bertz CT molecular complexity index is 1020. The normalized spacial score (nSPS) is 10.5. The maximum atomic E-state index is 11.9. The number of para-hydroxylation sites is 1. The van der Waals surface area contributed by atoms with E-state index in [2.05, 4.69) is 10.5 Å². The Morgan fingerprint density at radius 2 is 1.67 bits per heavy atom. The van der Waals surface area contributed by atoms with Gasteiger partial charge in [-0.05, 0) is 29.8 Å². The van der Waals surface area contributed by atoms with Crippen molar-refractivity contribution < 1.29 is 19.2 Å². The molecule has 0 atom stereocenters. The van der Waals surface area contributed by atoms with Crippen molar-refractivity contribution in [3.63, 3.8) is 0 Å². The van der Waals surface area contributed by atoms with Crippen molar-refractivity contribution in [1.82, 2.24) is 5.43 Å². The Balaban J connectivity index is 1.49. The van der Waals surface area contributed by atoms with Gasteiger partial charge in [0.2, 0.25) is 0 Å². The third kappa shape index (κ3) is 6.16. The first-order valence-electron chi connectivity index (χ1n) is 9.07. The Morgan fingerprint density at radius 3 is 2.40 bits per heavy atom. The van der Waals surface area contributed by atoms with Crippen molar-refractivity contribution in [3.05, 3.63) is 100 Å². The summed E-state index contributed by atoms with van der Waals surface area (Å²) in [6.45, 7) is 0.141. The molecule has 0 radical (unpaired) electrons. The quantitative estimate of drug-likeness (QED) is 0.332. The van der Waals surface area contributed by atoms with Gasteiger partial charge in [-0.1, -0.05) is 42.5 Å². The fraction of sp³-hybridized carbons (Fsp3) is 0.0909. The first-order valence-corrected chi connectivity index (χ1v) is 9.07. The van der Waals surface area contributed by atoms with Crippen LogP contribution in [0.4, 0.5) is 5.69 Å². The monoisotopic (exact) mass is 405 g/mol. The maximum absolute atomic E-state index is 11.9. The van der Waals surface area contributed by atoms with E-state index in [0.29, 0.717) is 23.7 Å². The topological polar surface area (TPSA) is 103 Å². The van der Waals surface area contributed by atoms with Crippen LogP contribution in [0.25, 0.3) is 0 Å². The summed E-state index contributed by atoms with van der Waals surface area (Å²) in [5.74, 6) is 0.521. The molecule has 3 aromatic carbocycles. The maximum Gasteiger partial charge on any atom is 0.277 e. The molecule has 0 bridgehead atoms. The molecule has 30 heavy (non-hydrogen) atoms. The number of hydrogen-bond acceptors (Lipinski definition) is 6. The molecule has 8 nitrogen and oxygen atoms in total. The summed E-state index contributed by atoms with van der Waals surface area (Å²) in [6, 6.07) is 22.6. The van der Waals surface area contributed by atoms with Crippen LogP contribution in [-0.2, 0) is 11.4 Å². The van der Waals surface area contributed by atoms with Crippen molar-refractivity contribution >= 4 is 17.8 Å². The average Bonchev–Trinajstić information content (AvgIpc) is 2.78. The predicted molar refractivity (Wildman–Crippen MR) is 112 cm³/mol. The summed E-state index contributed by atoms with van der Waals surface area (Å²) in [5.41, 5.74) is 4.08. The van der Waals surface area contributed by atoms with E-state index in [1.807, 2.05) is 54.6 Å². The Kier molecular flexibility index (Phi) is 7.10. The standard InChI is InChI=1S/C22H19N3O5/c26-22(16-29-20-12-10-19(11-13-20)25(27)28)24-23-14-18-8-4-5-9-21(18)30-15-17-6-2-1-3-7-17/h1-14H,15-16H2,(H,24,26)/b23-14+. The van der Waals surface area contributed by atoms with Gasteiger partial charge in [-0.25, -0.2) is 5.43 Å². The number of nitro benzene ring substituents is 1. The van der Waals surface area contributed by atoms with Crippen molar-refractivity contribution in [2.75, 3.05) is 6.61 Å². The highest BCUT2D eigenvalue weighted by Crippen LogP contribution is 2.18. The van der Waals surface area contributed by atoms with Gasteiger partial charge in [0.25, 0.3) is 11.6 Å². The van der Waals surface area contributed by atoms with Crippen molar-refractivity contribution in [2.24, 2.45) is 5.10 Å². The number of nitro groups is 1. The molecule has 0 aliphatic carbocycles. The zero-order valence-electron chi connectivity index (χ0n) is 15.9. The zero-order chi connectivity index (χ0) is 21.2. The molecule has 3 rings (SSSR count). The Hall–Kier alpha value is -4.20. The molecule has 0 unspecified atom stereocenters. The molecule has 0 fully saturated rings. The number of carbonyl (C=O) groups is 1. The van der Waals surface area contributed by atoms with E-state index in [9.17, 15) is 14.9 Å². The average molecular weight is 405 g/mol. The van der Waals surface area contributed by atoms with Gasteiger partial charge in [-0.15, -0.1) is 0 Å². The fourth-order valence-corrected chi connectivity index (χ4v) is 2.47. The molecule has 0 aliphatic heterocycles. The van der Waals surface area contributed by atoms with E-state index in [1.165, 1.54) is 30.5 Å². The largest absolute Gasteiger partial charge is 0.488 e. The number of hydrogen-bond donors (Lipinski definition) is 1. The van der Waals surface area contributed by atoms with E-state index in [1.54, 1.807) is 0 Å². The number of hydrazone groups is 1. The fourth-order valence-electron chi connectivity index (χ4n) is 2.47. The van der Waals surface area contributed by atoms with Gasteiger partial charge in [-0.3, -0.25) is 14.9 Å². The van der Waals surface area contributed by atoms with E-state index in [0.717, 1.165) is 5.56 Å². The molecule has 1 amide bonds. The van der Waals surface area contributed by atoms with Crippen LogP contribution in [-0.4, -0.2) is 23.7 Å². The number of ether oxygens (including phenoxy) is 2. The highest BCUT2D eigenvalue weighted by Gasteiger charge is 2.06. The number of non-ortho nitro benzene ring substituents is 1. The molecular weight excluding hydrogens is 386 g/mol. The van der Waals surface area contributed by atoms with Gasteiger partial charge >= 0.3 is 0 Å². The minimum absolute atomic E-state index is 0.0513. The molecule has 0 saturated heterocycles. The van der Waals surface area contributed by atoms with E-state index < -0.39 is 10.8 Å². The van der Waals surface area contributed by atoms with E-state index in [-0.39, 0.29) is 12.3 Å². The Labute approximate surface area is 172 Å². The summed E-state index contributed by atoms with van der Waals surface area (Å²) in [5, 5.41) is 14.6. The van der Waals surface area contributed by atoms with Gasteiger partial charge in [0.1, 0.15) is 18.1 Å². The van der Waals surface area contributed by atoms with Crippen molar-refractivity contribution in [1.29, 1.82) is 0 Å². The summed E-state index contributed by atoms with van der Waals surface area (Å²) in [4.78, 5) is 22.0. The van der Waals surface area contributed by atoms with Gasteiger partial charge in [-0.2, -0.15) is 5.10 Å². The number of carbonyl (C=O) groups excluding carboxylic acids is 1. The minimum atomic E-state index is -0.507. The third-order valence-corrected chi connectivity index (χ3v) is 3.97. The van der Waals surface area contributed by atoms with Crippen molar-refractivity contribution in [3.8, 4) is 11.5 Å². The molecular formula is C22H19N3O5.